The molecule has 0 aliphatic carbocycles. The first-order chi connectivity index (χ1) is 14.2. The van der Waals surface area contributed by atoms with E-state index in [1.807, 2.05) is 0 Å². The molecule has 0 saturated heterocycles. The van der Waals surface area contributed by atoms with E-state index < -0.39 is 43.4 Å². The van der Waals surface area contributed by atoms with E-state index in [0.29, 0.717) is 5.70 Å². The minimum Gasteiger partial charge on any atom is -0.478 e. The van der Waals surface area contributed by atoms with Gasteiger partial charge in [0.25, 0.3) is 0 Å². The minimum atomic E-state index is -4.63. The van der Waals surface area contributed by atoms with Crippen molar-refractivity contribution in [1.82, 2.24) is 5.32 Å². The second-order valence-electron chi connectivity index (χ2n) is 7.84. The number of hydrogen-bond donors (Lipinski definition) is 2. The van der Waals surface area contributed by atoms with E-state index in [9.17, 15) is 27.6 Å². The molecule has 0 aromatic heterocycles. The SMILES string of the molecule is CC1=C(C(=O)O)C(c2cccc(C(F)(F)F)c2)C(P(=O)(OC(C)C)OC(C)C)=C(C)N1. The fraction of sp³-hybridized carbons (Fsp3) is 0.476. The van der Waals surface area contributed by atoms with Crippen molar-refractivity contribution in [1.29, 1.82) is 0 Å². The van der Waals surface area contributed by atoms with Crippen molar-refractivity contribution in [3.63, 3.8) is 0 Å². The first-order valence-corrected chi connectivity index (χ1v) is 11.3. The smallest absolute Gasteiger partial charge is 0.416 e. The van der Waals surface area contributed by atoms with Gasteiger partial charge >= 0.3 is 19.7 Å². The van der Waals surface area contributed by atoms with Crippen LogP contribution in [-0.2, 0) is 24.6 Å². The highest BCUT2D eigenvalue weighted by molar-refractivity contribution is 7.58. The molecule has 1 aliphatic rings. The maximum absolute atomic E-state index is 14.0. The lowest BCUT2D eigenvalue weighted by Gasteiger charge is -2.35. The number of benzene rings is 1. The second kappa shape index (κ2) is 9.18. The van der Waals surface area contributed by atoms with Crippen LogP contribution in [0.25, 0.3) is 0 Å². The number of halogens is 3. The van der Waals surface area contributed by atoms with Crippen LogP contribution in [0.3, 0.4) is 0 Å². The van der Waals surface area contributed by atoms with E-state index in [0.717, 1.165) is 12.1 Å². The predicted octanol–water partition coefficient (Wildman–Crippen LogP) is 6.03. The highest BCUT2D eigenvalue weighted by Crippen LogP contribution is 2.65. The van der Waals surface area contributed by atoms with Crippen molar-refractivity contribution in [3.05, 3.63) is 57.7 Å². The summed E-state index contributed by atoms with van der Waals surface area (Å²) in [6.45, 7) is 9.63. The summed E-state index contributed by atoms with van der Waals surface area (Å²) in [5.74, 6) is -2.61. The summed E-state index contributed by atoms with van der Waals surface area (Å²) in [6, 6.07) is 4.34. The third-order valence-electron chi connectivity index (χ3n) is 4.50. The standard InChI is InChI=1S/C21H27F3NO5P/c1-11(2)29-31(28,30-12(3)4)19-14(6)25-13(5)17(20(26)27)18(19)15-8-7-9-16(10-15)21(22,23)24/h7-12,18,25H,1-6H3,(H,26,27). The second-order valence-corrected chi connectivity index (χ2v) is 9.74. The Balaban J connectivity index is 2.83. The Labute approximate surface area is 179 Å². The van der Waals surface area contributed by atoms with Crippen LogP contribution in [0.15, 0.2) is 46.5 Å². The average molecular weight is 461 g/mol. The first kappa shape index (κ1) is 25.2. The van der Waals surface area contributed by atoms with E-state index in [1.165, 1.54) is 19.1 Å². The van der Waals surface area contributed by atoms with Crippen LogP contribution in [0.4, 0.5) is 13.2 Å². The van der Waals surface area contributed by atoms with Crippen LogP contribution in [0.2, 0.25) is 0 Å². The summed E-state index contributed by atoms with van der Waals surface area (Å²) >= 11 is 0. The monoisotopic (exact) mass is 461 g/mol. The molecule has 1 atom stereocenters. The molecule has 1 aromatic rings. The van der Waals surface area contributed by atoms with Crippen LogP contribution < -0.4 is 5.32 Å². The van der Waals surface area contributed by atoms with Crippen LogP contribution in [0.1, 0.15) is 58.6 Å². The van der Waals surface area contributed by atoms with Crippen molar-refractivity contribution in [3.8, 4) is 0 Å². The van der Waals surface area contributed by atoms with E-state index in [-0.39, 0.29) is 22.1 Å². The van der Waals surface area contributed by atoms with Gasteiger partial charge in [0.2, 0.25) is 0 Å². The maximum atomic E-state index is 14.0. The fourth-order valence-corrected chi connectivity index (χ4v) is 5.99. The quantitative estimate of drug-likeness (QED) is 0.483. The highest BCUT2D eigenvalue weighted by atomic mass is 31.2. The van der Waals surface area contributed by atoms with Crippen molar-refractivity contribution in [2.24, 2.45) is 0 Å². The normalized spacial score (nSPS) is 18.1. The van der Waals surface area contributed by atoms with E-state index >= 15 is 0 Å². The number of carboxylic acid groups (broad SMARTS) is 1. The molecule has 1 aromatic carbocycles. The van der Waals surface area contributed by atoms with Gasteiger partial charge in [0.15, 0.2) is 0 Å². The average Bonchev–Trinajstić information content (AvgIpc) is 2.58. The lowest BCUT2D eigenvalue weighted by molar-refractivity contribution is -0.137. The Morgan fingerprint density at radius 3 is 2.10 bits per heavy atom. The topological polar surface area (TPSA) is 84.9 Å². The van der Waals surface area contributed by atoms with E-state index in [2.05, 4.69) is 5.32 Å². The van der Waals surface area contributed by atoms with Crippen molar-refractivity contribution in [2.45, 2.75) is 65.8 Å². The molecule has 172 valence electrons. The Morgan fingerprint density at radius 1 is 1.10 bits per heavy atom. The fourth-order valence-electron chi connectivity index (χ4n) is 3.54. The maximum Gasteiger partial charge on any atom is 0.416 e. The van der Waals surface area contributed by atoms with Crippen LogP contribution in [0.5, 0.6) is 0 Å². The largest absolute Gasteiger partial charge is 0.478 e. The minimum absolute atomic E-state index is 0.0165. The third kappa shape index (κ3) is 5.59. The highest BCUT2D eigenvalue weighted by Gasteiger charge is 2.46. The van der Waals surface area contributed by atoms with Gasteiger partial charge in [0, 0.05) is 11.4 Å². The number of dihydropyridines is 1. The molecule has 0 bridgehead atoms. The van der Waals surface area contributed by atoms with E-state index in [1.54, 1.807) is 34.6 Å². The zero-order valence-electron chi connectivity index (χ0n) is 18.2. The summed E-state index contributed by atoms with van der Waals surface area (Å²) in [5, 5.41) is 12.8. The van der Waals surface area contributed by atoms with Crippen LogP contribution in [-0.4, -0.2) is 23.3 Å². The zero-order valence-corrected chi connectivity index (χ0v) is 19.1. The van der Waals surface area contributed by atoms with Gasteiger partial charge in [-0.1, -0.05) is 18.2 Å². The van der Waals surface area contributed by atoms with Gasteiger partial charge in [-0.25, -0.2) is 4.79 Å². The molecule has 2 N–H and O–H groups in total. The number of aliphatic carboxylic acids is 1. The number of allylic oxidation sites excluding steroid dienone is 3. The molecule has 0 amide bonds. The molecule has 2 rings (SSSR count). The van der Waals surface area contributed by atoms with Gasteiger partial charge in [-0.3, -0.25) is 4.57 Å². The molecular formula is C21H27F3NO5P. The molecule has 0 saturated carbocycles. The number of alkyl halides is 3. The van der Waals surface area contributed by atoms with Gasteiger partial charge < -0.3 is 19.5 Å². The molecule has 0 radical (unpaired) electrons. The molecule has 1 heterocycles. The lowest BCUT2D eigenvalue weighted by atomic mass is 9.86. The zero-order chi connectivity index (χ0) is 23.7. The van der Waals surface area contributed by atoms with Gasteiger partial charge in [0.05, 0.1) is 34.6 Å². The number of nitrogens with one attached hydrogen (secondary N) is 1. The lowest BCUT2D eigenvalue weighted by Crippen LogP contribution is -2.29. The van der Waals surface area contributed by atoms with E-state index in [4.69, 9.17) is 9.05 Å². The van der Waals surface area contributed by atoms with Crippen molar-refractivity contribution in [2.75, 3.05) is 0 Å². The molecular weight excluding hydrogens is 434 g/mol. The van der Waals surface area contributed by atoms with Gasteiger partial charge in [-0.15, -0.1) is 0 Å². The number of hydrogen-bond acceptors (Lipinski definition) is 5. The molecule has 0 fully saturated rings. The molecule has 1 aliphatic heterocycles. The summed E-state index contributed by atoms with van der Waals surface area (Å²) in [6.07, 6.45) is -5.73. The Kier molecular flexibility index (Phi) is 7.46. The molecule has 31 heavy (non-hydrogen) atoms. The number of carboxylic acids is 1. The third-order valence-corrected chi connectivity index (χ3v) is 7.08. The first-order valence-electron chi connectivity index (χ1n) is 9.73. The Bertz CT molecular complexity index is 952. The number of carbonyl (C=O) groups is 1. The van der Waals surface area contributed by atoms with Crippen molar-refractivity contribution < 1.29 is 36.7 Å². The van der Waals surface area contributed by atoms with Crippen LogP contribution >= 0.6 is 7.60 Å². The molecule has 0 spiro atoms. The summed E-state index contributed by atoms with van der Waals surface area (Å²) in [4.78, 5) is 12.1. The Morgan fingerprint density at radius 2 is 1.65 bits per heavy atom. The molecule has 10 heteroatoms. The molecule has 1 unspecified atom stereocenters. The number of rotatable bonds is 7. The summed E-state index contributed by atoms with van der Waals surface area (Å²) < 4.78 is 65.4. The van der Waals surface area contributed by atoms with Gasteiger partial charge in [-0.2, -0.15) is 13.2 Å². The molecule has 6 nitrogen and oxygen atoms in total. The summed E-state index contributed by atoms with van der Waals surface area (Å²) in [7, 11) is -4.11. The summed E-state index contributed by atoms with van der Waals surface area (Å²) in [5.41, 5.74) is -0.583. The Hall–Kier alpha value is -2.09. The van der Waals surface area contributed by atoms with Gasteiger partial charge in [-0.05, 0) is 53.2 Å². The van der Waals surface area contributed by atoms with Crippen molar-refractivity contribution >= 4 is 13.6 Å². The van der Waals surface area contributed by atoms with Gasteiger partial charge in [0.1, 0.15) is 0 Å². The predicted molar refractivity (Wildman–Crippen MR) is 110 cm³/mol. The van der Waals surface area contributed by atoms with Crippen LogP contribution in [0, 0.1) is 0 Å².